The van der Waals surface area contributed by atoms with Gasteiger partial charge in [-0.25, -0.2) is 4.39 Å². The minimum absolute atomic E-state index is 0.344. The second kappa shape index (κ2) is 5.13. The molecule has 1 aromatic carbocycles. The van der Waals surface area contributed by atoms with Crippen LogP contribution in [0.2, 0.25) is 5.02 Å². The molecule has 3 aromatic rings. The Morgan fingerprint density at radius 3 is 2.76 bits per heavy atom. The van der Waals surface area contributed by atoms with Crippen molar-refractivity contribution in [2.24, 2.45) is 0 Å². The molecular weight excluding hydrogens is 293 g/mol. The van der Waals surface area contributed by atoms with Crippen molar-refractivity contribution in [3.8, 4) is 0 Å². The largest absolute Gasteiger partial charge is 0.458 e. The van der Waals surface area contributed by atoms with Gasteiger partial charge < -0.3 is 9.52 Å². The van der Waals surface area contributed by atoms with E-state index in [9.17, 15) is 9.50 Å². The normalized spacial score (nSPS) is 14.3. The Morgan fingerprint density at radius 2 is 2.10 bits per heavy atom. The van der Waals surface area contributed by atoms with Crippen LogP contribution in [0.3, 0.4) is 0 Å². The van der Waals surface area contributed by atoms with Gasteiger partial charge in [0.05, 0.1) is 11.9 Å². The van der Waals surface area contributed by atoms with Crippen LogP contribution in [0.1, 0.15) is 24.8 Å². The second-order valence-corrected chi connectivity index (χ2v) is 5.30. The van der Waals surface area contributed by atoms with Crippen LogP contribution >= 0.6 is 11.6 Å². The summed E-state index contributed by atoms with van der Waals surface area (Å²) in [6.45, 7) is 1.81. The Hall–Kier alpha value is -1.91. The van der Waals surface area contributed by atoms with Crippen LogP contribution in [-0.2, 0) is 5.60 Å². The molecule has 0 aliphatic carbocycles. The molecule has 21 heavy (non-hydrogen) atoms. The first-order chi connectivity index (χ1) is 10.0. The third-order valence-electron chi connectivity index (χ3n) is 3.55. The van der Waals surface area contributed by atoms with Crippen LogP contribution in [0.15, 0.2) is 47.0 Å². The fourth-order valence-electron chi connectivity index (χ4n) is 2.32. The Bertz CT molecular complexity index is 785. The first-order valence-corrected chi connectivity index (χ1v) is 6.94. The number of benzene rings is 1. The molecule has 0 aliphatic heterocycles. The molecule has 1 N–H and O–H groups in total. The molecule has 0 saturated heterocycles. The van der Waals surface area contributed by atoms with Crippen molar-refractivity contribution >= 4 is 22.6 Å². The molecule has 0 radical (unpaired) electrons. The van der Waals surface area contributed by atoms with Crippen molar-refractivity contribution in [2.75, 3.05) is 0 Å². The summed E-state index contributed by atoms with van der Waals surface area (Å²) >= 11 is 5.95. The number of nitrogens with zero attached hydrogens (tertiary/aromatic N) is 1. The lowest BCUT2D eigenvalue weighted by atomic mass is 9.92. The summed E-state index contributed by atoms with van der Waals surface area (Å²) < 4.78 is 18.7. The minimum Gasteiger partial charge on any atom is -0.458 e. The Labute approximate surface area is 126 Å². The molecule has 0 fully saturated rings. The SMILES string of the molecule is CCC(O)(c1ccc(F)cn1)c1cc2cc(Cl)ccc2o1. The highest BCUT2D eigenvalue weighted by Crippen LogP contribution is 2.35. The molecule has 0 aliphatic rings. The van der Waals surface area contributed by atoms with Crippen LogP contribution in [0.25, 0.3) is 11.0 Å². The molecule has 0 saturated carbocycles. The van der Waals surface area contributed by atoms with Crippen molar-refractivity contribution in [1.29, 1.82) is 0 Å². The number of aromatic nitrogens is 1. The highest BCUT2D eigenvalue weighted by atomic mass is 35.5. The zero-order chi connectivity index (χ0) is 15.0. The summed E-state index contributed by atoms with van der Waals surface area (Å²) in [5.74, 6) is -0.0880. The number of fused-ring (bicyclic) bond motifs is 1. The van der Waals surface area contributed by atoms with E-state index < -0.39 is 11.4 Å². The van der Waals surface area contributed by atoms with E-state index in [2.05, 4.69) is 4.98 Å². The highest BCUT2D eigenvalue weighted by molar-refractivity contribution is 6.31. The van der Waals surface area contributed by atoms with Crippen LogP contribution in [0.5, 0.6) is 0 Å². The smallest absolute Gasteiger partial charge is 0.163 e. The molecule has 0 spiro atoms. The molecule has 5 heteroatoms. The molecule has 2 heterocycles. The summed E-state index contributed by atoms with van der Waals surface area (Å²) in [5, 5.41) is 12.3. The Balaban J connectivity index is 2.14. The van der Waals surface area contributed by atoms with Crippen molar-refractivity contribution in [2.45, 2.75) is 18.9 Å². The van der Waals surface area contributed by atoms with Gasteiger partial charge in [-0.1, -0.05) is 18.5 Å². The lowest BCUT2D eigenvalue weighted by Crippen LogP contribution is -2.27. The van der Waals surface area contributed by atoms with E-state index in [1.807, 2.05) is 6.92 Å². The monoisotopic (exact) mass is 305 g/mol. The zero-order valence-electron chi connectivity index (χ0n) is 11.3. The molecule has 3 rings (SSSR count). The number of furan rings is 1. The lowest BCUT2D eigenvalue weighted by molar-refractivity contribution is 0.0500. The van der Waals surface area contributed by atoms with Gasteiger partial charge >= 0.3 is 0 Å². The van der Waals surface area contributed by atoms with Crippen molar-refractivity contribution in [3.05, 3.63) is 64.9 Å². The lowest BCUT2D eigenvalue weighted by Gasteiger charge is -2.23. The summed E-state index contributed by atoms with van der Waals surface area (Å²) in [7, 11) is 0. The number of pyridine rings is 1. The summed E-state index contributed by atoms with van der Waals surface area (Å²) in [6.07, 6.45) is 1.43. The minimum atomic E-state index is -1.40. The van der Waals surface area contributed by atoms with Gasteiger partial charge in [0.1, 0.15) is 17.2 Å². The van der Waals surface area contributed by atoms with Gasteiger partial charge in [-0.05, 0) is 42.8 Å². The van der Waals surface area contributed by atoms with Gasteiger partial charge in [-0.15, -0.1) is 0 Å². The van der Waals surface area contributed by atoms with E-state index in [-0.39, 0.29) is 0 Å². The molecule has 3 nitrogen and oxygen atoms in total. The predicted molar refractivity (Wildman–Crippen MR) is 78.7 cm³/mol. The van der Waals surface area contributed by atoms with Crippen molar-refractivity contribution in [3.63, 3.8) is 0 Å². The number of rotatable bonds is 3. The van der Waals surface area contributed by atoms with Gasteiger partial charge in [-0.2, -0.15) is 0 Å². The van der Waals surface area contributed by atoms with E-state index in [4.69, 9.17) is 16.0 Å². The second-order valence-electron chi connectivity index (χ2n) is 4.87. The maximum absolute atomic E-state index is 13.0. The van der Waals surface area contributed by atoms with E-state index in [0.29, 0.717) is 28.5 Å². The van der Waals surface area contributed by atoms with Crippen LogP contribution in [-0.4, -0.2) is 10.1 Å². The Morgan fingerprint density at radius 1 is 1.29 bits per heavy atom. The topological polar surface area (TPSA) is 46.3 Å². The molecule has 108 valence electrons. The van der Waals surface area contributed by atoms with E-state index in [0.717, 1.165) is 11.6 Å². The molecule has 1 atom stereocenters. The van der Waals surface area contributed by atoms with Crippen molar-refractivity contribution in [1.82, 2.24) is 4.98 Å². The standard InChI is InChI=1S/C16H13ClFNO2/c1-2-16(20,14-6-4-12(18)9-19-14)15-8-10-7-11(17)3-5-13(10)21-15/h3-9,20H,2H2,1H3. The highest BCUT2D eigenvalue weighted by Gasteiger charge is 2.34. The average molecular weight is 306 g/mol. The first-order valence-electron chi connectivity index (χ1n) is 6.57. The number of hydrogen-bond acceptors (Lipinski definition) is 3. The third-order valence-corrected chi connectivity index (χ3v) is 3.78. The van der Waals surface area contributed by atoms with Crippen LogP contribution < -0.4 is 0 Å². The first kappa shape index (κ1) is 14.0. The summed E-state index contributed by atoms with van der Waals surface area (Å²) in [4.78, 5) is 3.97. The maximum atomic E-state index is 13.0. The molecule has 2 aromatic heterocycles. The van der Waals surface area contributed by atoms with E-state index in [1.165, 1.54) is 12.1 Å². The quantitative estimate of drug-likeness (QED) is 0.786. The average Bonchev–Trinajstić information content (AvgIpc) is 2.90. The fourth-order valence-corrected chi connectivity index (χ4v) is 2.50. The van der Waals surface area contributed by atoms with Crippen LogP contribution in [0, 0.1) is 5.82 Å². The molecule has 0 amide bonds. The van der Waals surface area contributed by atoms with Gasteiger partial charge in [0.15, 0.2) is 5.60 Å². The zero-order valence-corrected chi connectivity index (χ0v) is 12.1. The van der Waals surface area contributed by atoms with Gasteiger partial charge in [-0.3, -0.25) is 4.98 Å². The van der Waals surface area contributed by atoms with Gasteiger partial charge in [0, 0.05) is 10.4 Å². The summed E-state index contributed by atoms with van der Waals surface area (Å²) in [6, 6.07) is 9.68. The molecule has 1 unspecified atom stereocenters. The third kappa shape index (κ3) is 2.41. The number of aliphatic hydroxyl groups is 1. The fraction of sp³-hybridized carbons (Fsp3) is 0.188. The van der Waals surface area contributed by atoms with Gasteiger partial charge in [0.2, 0.25) is 0 Å². The number of halogens is 2. The molecule has 0 bridgehead atoms. The maximum Gasteiger partial charge on any atom is 0.163 e. The van der Waals surface area contributed by atoms with E-state index in [1.54, 1.807) is 24.3 Å². The Kier molecular flexibility index (Phi) is 3.43. The number of hydrogen-bond donors (Lipinski definition) is 1. The van der Waals surface area contributed by atoms with E-state index >= 15 is 0 Å². The van der Waals surface area contributed by atoms with Gasteiger partial charge in [0.25, 0.3) is 0 Å². The van der Waals surface area contributed by atoms with Crippen molar-refractivity contribution < 1.29 is 13.9 Å². The van der Waals surface area contributed by atoms with Crippen LogP contribution in [0.4, 0.5) is 4.39 Å². The predicted octanol–water partition coefficient (Wildman–Crippen LogP) is 4.27. The summed E-state index contributed by atoms with van der Waals surface area (Å²) in [5.41, 5.74) is -0.431. The molecular formula is C16H13ClFNO2.